The number of ether oxygens (including phenoxy) is 2. The lowest BCUT2D eigenvalue weighted by molar-refractivity contribution is -0.128. The summed E-state index contributed by atoms with van der Waals surface area (Å²) in [5, 5.41) is 0. The van der Waals surface area contributed by atoms with Gasteiger partial charge >= 0.3 is 11.9 Å². The minimum absolute atomic E-state index is 0.187. The van der Waals surface area contributed by atoms with E-state index >= 15 is 0 Å². The minimum atomic E-state index is -0.397. The molecule has 0 saturated carbocycles. The zero-order valence-electron chi connectivity index (χ0n) is 23.3. The molecule has 0 N–H and O–H groups in total. The average Bonchev–Trinajstić information content (AvgIpc) is 3.23. The monoisotopic (exact) mass is 486 g/mol. The van der Waals surface area contributed by atoms with Gasteiger partial charge in [0.25, 0.3) is 0 Å². The quantitative estimate of drug-likeness (QED) is 0.252. The second-order valence-electron chi connectivity index (χ2n) is 12.6. The predicted molar refractivity (Wildman–Crippen MR) is 146 cm³/mol. The van der Waals surface area contributed by atoms with Crippen LogP contribution in [-0.2, 0) is 20.4 Å². The van der Waals surface area contributed by atoms with Crippen LogP contribution in [0.3, 0.4) is 0 Å². The summed E-state index contributed by atoms with van der Waals surface area (Å²) in [7, 11) is 0. The zero-order valence-corrected chi connectivity index (χ0v) is 23.3. The molecule has 2 aromatic rings. The topological polar surface area (TPSA) is 52.6 Å². The van der Waals surface area contributed by atoms with Gasteiger partial charge in [-0.3, -0.25) is 0 Å². The number of allylic oxidation sites excluding steroid dienone is 2. The van der Waals surface area contributed by atoms with Crippen molar-refractivity contribution in [3.63, 3.8) is 0 Å². The standard InChI is InChI=1S/C32H38O4/c1-17(2)19-13-23-21(29(33)35-27(23)25(15-19)31(5,6)7)11-12-22-24-14-20(18(3)4)16-26(32(8,9)10)28(24)36-30(22)34/h11-18H,1-10H3/b21-11+,22-12+. The van der Waals surface area contributed by atoms with Crippen molar-refractivity contribution in [2.24, 2.45) is 0 Å². The first-order chi connectivity index (χ1) is 16.6. The van der Waals surface area contributed by atoms with E-state index in [1.165, 1.54) is 0 Å². The Morgan fingerprint density at radius 1 is 0.611 bits per heavy atom. The number of carbonyl (C=O) groups is 2. The number of fused-ring (bicyclic) bond motifs is 2. The van der Waals surface area contributed by atoms with Crippen LogP contribution in [0.25, 0.3) is 11.1 Å². The van der Waals surface area contributed by atoms with E-state index in [1.54, 1.807) is 12.2 Å². The SMILES string of the molecule is CC(C)c1cc2c(c(C(C)(C)C)c1)OC(=O)/C2=C/C=C1/C(=O)Oc2c1cc(C(C)C)cc2C(C)(C)C. The highest BCUT2D eigenvalue weighted by atomic mass is 16.5. The third kappa shape index (κ3) is 4.54. The number of esters is 2. The summed E-state index contributed by atoms with van der Waals surface area (Å²) >= 11 is 0. The van der Waals surface area contributed by atoms with Crippen LogP contribution in [0.15, 0.2) is 36.4 Å². The molecule has 0 spiro atoms. The fourth-order valence-electron chi connectivity index (χ4n) is 4.70. The second-order valence-corrected chi connectivity index (χ2v) is 12.6. The molecule has 0 radical (unpaired) electrons. The molecule has 0 atom stereocenters. The lowest BCUT2D eigenvalue weighted by atomic mass is 9.82. The summed E-state index contributed by atoms with van der Waals surface area (Å²) in [6.45, 7) is 21.3. The van der Waals surface area contributed by atoms with Crippen LogP contribution >= 0.6 is 0 Å². The molecular weight excluding hydrogens is 448 g/mol. The second kappa shape index (κ2) is 8.76. The first kappa shape index (κ1) is 25.9. The van der Waals surface area contributed by atoms with Gasteiger partial charge < -0.3 is 9.47 Å². The third-order valence-electron chi connectivity index (χ3n) is 7.00. The summed E-state index contributed by atoms with van der Waals surface area (Å²) in [5.74, 6) is 1.04. The third-order valence-corrected chi connectivity index (χ3v) is 7.00. The van der Waals surface area contributed by atoms with Crippen LogP contribution in [0.1, 0.15) is 114 Å². The fraction of sp³-hybridized carbons (Fsp3) is 0.438. The molecule has 4 heteroatoms. The van der Waals surface area contributed by atoms with Gasteiger partial charge in [-0.15, -0.1) is 0 Å². The summed E-state index contributed by atoms with van der Waals surface area (Å²) in [4.78, 5) is 26.0. The van der Waals surface area contributed by atoms with Crippen LogP contribution in [0.5, 0.6) is 11.5 Å². The van der Waals surface area contributed by atoms with Crippen molar-refractivity contribution in [1.29, 1.82) is 0 Å². The smallest absolute Gasteiger partial charge is 0.344 e. The van der Waals surface area contributed by atoms with Crippen LogP contribution in [0.2, 0.25) is 0 Å². The first-order valence-electron chi connectivity index (χ1n) is 12.8. The van der Waals surface area contributed by atoms with Crippen LogP contribution in [0, 0.1) is 0 Å². The van der Waals surface area contributed by atoms with Crippen molar-refractivity contribution in [2.45, 2.75) is 91.9 Å². The van der Waals surface area contributed by atoms with Crippen molar-refractivity contribution in [1.82, 2.24) is 0 Å². The molecule has 4 nitrogen and oxygen atoms in total. The molecule has 0 amide bonds. The Hall–Kier alpha value is -3.14. The summed E-state index contributed by atoms with van der Waals surface area (Å²) in [6.07, 6.45) is 3.43. The molecule has 4 rings (SSSR count). The van der Waals surface area contributed by atoms with Gasteiger partial charge in [-0.05, 0) is 58.1 Å². The Balaban J connectivity index is 1.89. The zero-order chi connectivity index (χ0) is 26.7. The van der Waals surface area contributed by atoms with Crippen molar-refractivity contribution >= 4 is 23.1 Å². The maximum Gasteiger partial charge on any atom is 0.344 e. The van der Waals surface area contributed by atoms with Crippen molar-refractivity contribution in [2.75, 3.05) is 0 Å². The van der Waals surface area contributed by atoms with E-state index in [4.69, 9.17) is 9.47 Å². The maximum atomic E-state index is 13.0. The highest BCUT2D eigenvalue weighted by molar-refractivity contribution is 6.25. The molecule has 0 bridgehead atoms. The molecule has 0 aromatic heterocycles. The highest BCUT2D eigenvalue weighted by Gasteiger charge is 2.36. The average molecular weight is 487 g/mol. The number of carbonyl (C=O) groups excluding carboxylic acids is 2. The lowest BCUT2D eigenvalue weighted by Gasteiger charge is -2.23. The van der Waals surface area contributed by atoms with Crippen molar-refractivity contribution in [3.05, 3.63) is 69.8 Å². The molecule has 2 aromatic carbocycles. The molecule has 36 heavy (non-hydrogen) atoms. The van der Waals surface area contributed by atoms with Crippen LogP contribution in [-0.4, -0.2) is 11.9 Å². The maximum absolute atomic E-state index is 13.0. The lowest BCUT2D eigenvalue weighted by Crippen LogP contribution is -2.14. The Kier molecular flexibility index (Phi) is 6.31. The Bertz CT molecular complexity index is 1220. The normalized spacial score (nSPS) is 17.8. The number of rotatable bonds is 3. The van der Waals surface area contributed by atoms with E-state index in [0.717, 1.165) is 33.4 Å². The Labute approximate surface area is 215 Å². The number of benzene rings is 2. The summed E-state index contributed by atoms with van der Waals surface area (Å²) < 4.78 is 11.6. The highest BCUT2D eigenvalue weighted by Crippen LogP contribution is 2.46. The van der Waals surface area contributed by atoms with Crippen LogP contribution < -0.4 is 9.47 Å². The van der Waals surface area contributed by atoms with Gasteiger partial charge in [-0.1, -0.05) is 81.4 Å². The van der Waals surface area contributed by atoms with Crippen molar-refractivity contribution < 1.29 is 19.1 Å². The van der Waals surface area contributed by atoms with E-state index in [2.05, 4.69) is 81.4 Å². The molecule has 190 valence electrons. The molecule has 0 unspecified atom stereocenters. The number of hydrogen-bond donors (Lipinski definition) is 0. The van der Waals surface area contributed by atoms with E-state index in [-0.39, 0.29) is 10.8 Å². The molecule has 2 aliphatic heterocycles. The summed E-state index contributed by atoms with van der Waals surface area (Å²) in [6, 6.07) is 8.37. The van der Waals surface area contributed by atoms with Gasteiger partial charge in [0.2, 0.25) is 0 Å². The largest absolute Gasteiger partial charge is 0.422 e. The molecular formula is C32H38O4. The molecule has 0 aliphatic carbocycles. The Morgan fingerprint density at radius 2 is 0.944 bits per heavy atom. The predicted octanol–water partition coefficient (Wildman–Crippen LogP) is 7.83. The molecule has 2 aliphatic rings. The van der Waals surface area contributed by atoms with Crippen molar-refractivity contribution in [3.8, 4) is 11.5 Å². The van der Waals surface area contributed by atoms with Gasteiger partial charge in [0, 0.05) is 22.3 Å². The fourth-order valence-corrected chi connectivity index (χ4v) is 4.70. The first-order valence-corrected chi connectivity index (χ1v) is 12.8. The van der Waals surface area contributed by atoms with Crippen LogP contribution in [0.4, 0.5) is 0 Å². The Morgan fingerprint density at radius 3 is 1.22 bits per heavy atom. The van der Waals surface area contributed by atoms with Gasteiger partial charge in [0.15, 0.2) is 0 Å². The van der Waals surface area contributed by atoms with E-state index in [9.17, 15) is 9.59 Å². The van der Waals surface area contributed by atoms with E-state index < -0.39 is 11.9 Å². The van der Waals surface area contributed by atoms with E-state index in [0.29, 0.717) is 34.5 Å². The molecule has 0 fully saturated rings. The van der Waals surface area contributed by atoms with Gasteiger partial charge in [0.1, 0.15) is 11.5 Å². The molecule has 0 saturated heterocycles. The molecule has 2 heterocycles. The van der Waals surface area contributed by atoms with Gasteiger partial charge in [0.05, 0.1) is 11.1 Å². The van der Waals surface area contributed by atoms with Gasteiger partial charge in [-0.2, -0.15) is 0 Å². The summed E-state index contributed by atoms with van der Waals surface area (Å²) in [5.41, 5.74) is 6.43. The minimum Gasteiger partial charge on any atom is -0.422 e. The van der Waals surface area contributed by atoms with E-state index in [1.807, 2.05) is 12.1 Å². The number of hydrogen-bond acceptors (Lipinski definition) is 4. The van der Waals surface area contributed by atoms with Gasteiger partial charge in [-0.25, -0.2) is 9.59 Å².